The molecule has 5 rings (SSSR count). The van der Waals surface area contributed by atoms with E-state index in [2.05, 4.69) is 100 Å². The molecule has 1 fully saturated rings. The summed E-state index contributed by atoms with van der Waals surface area (Å²) in [5.74, 6) is 1.35. The van der Waals surface area contributed by atoms with Gasteiger partial charge < -0.3 is 14.8 Å². The Kier molecular flexibility index (Phi) is 6.04. The number of benzene rings is 2. The van der Waals surface area contributed by atoms with Crippen molar-refractivity contribution in [3.05, 3.63) is 83.6 Å². The van der Waals surface area contributed by atoms with Crippen LogP contribution in [0, 0.1) is 6.92 Å². The number of hydrogen-bond donors (Lipinski definition) is 2. The van der Waals surface area contributed by atoms with Crippen LogP contribution < -0.4 is 5.32 Å². The summed E-state index contributed by atoms with van der Waals surface area (Å²) in [6, 6.07) is 19.8. The smallest absolute Gasteiger partial charge is 0.244 e. The number of aromatic amines is 1. The van der Waals surface area contributed by atoms with E-state index in [1.54, 1.807) is 0 Å². The van der Waals surface area contributed by atoms with Gasteiger partial charge in [0.2, 0.25) is 5.89 Å². The van der Waals surface area contributed by atoms with Crippen LogP contribution in [0.4, 0.5) is 0 Å². The van der Waals surface area contributed by atoms with Crippen molar-refractivity contribution >= 4 is 10.9 Å². The Hall–Kier alpha value is -2.96. The molecule has 2 heterocycles. The molecule has 33 heavy (non-hydrogen) atoms. The van der Waals surface area contributed by atoms with E-state index in [0.29, 0.717) is 17.8 Å². The zero-order valence-corrected chi connectivity index (χ0v) is 19.7. The second-order valence-electron chi connectivity index (χ2n) is 9.53. The number of para-hydroxylation sites is 1. The van der Waals surface area contributed by atoms with Crippen LogP contribution in [0.2, 0.25) is 0 Å². The van der Waals surface area contributed by atoms with Gasteiger partial charge in [0.1, 0.15) is 0 Å². The van der Waals surface area contributed by atoms with E-state index in [-0.39, 0.29) is 11.6 Å². The molecule has 1 atom stereocenters. The molecule has 1 aliphatic carbocycles. The summed E-state index contributed by atoms with van der Waals surface area (Å²) >= 11 is 0. The zero-order valence-electron chi connectivity index (χ0n) is 19.7. The number of nitrogens with zero attached hydrogens (tertiary/aromatic N) is 3. The summed E-state index contributed by atoms with van der Waals surface area (Å²) < 4.78 is 5.64. The molecule has 2 N–H and O–H groups in total. The highest BCUT2D eigenvalue weighted by atomic mass is 16.5. The van der Waals surface area contributed by atoms with Crippen molar-refractivity contribution in [3.8, 4) is 0 Å². The largest absolute Gasteiger partial charge is 0.361 e. The SMILES string of the molecule is Cc1noc([C@H](Cc2c[nH]c3ccccc23)NC2CCC(c3ccccc3)(N(C)C)CC2)n1. The first-order valence-corrected chi connectivity index (χ1v) is 11.9. The first kappa shape index (κ1) is 21.9. The maximum Gasteiger partial charge on any atom is 0.244 e. The van der Waals surface area contributed by atoms with Crippen LogP contribution in [-0.4, -0.2) is 40.2 Å². The third-order valence-corrected chi connectivity index (χ3v) is 7.36. The Balaban J connectivity index is 1.35. The van der Waals surface area contributed by atoms with Crippen molar-refractivity contribution in [1.29, 1.82) is 0 Å². The van der Waals surface area contributed by atoms with Gasteiger partial charge in [-0.15, -0.1) is 0 Å². The minimum atomic E-state index is -0.0148. The Bertz CT molecular complexity index is 1190. The van der Waals surface area contributed by atoms with E-state index in [4.69, 9.17) is 4.52 Å². The van der Waals surface area contributed by atoms with Crippen molar-refractivity contribution in [2.75, 3.05) is 14.1 Å². The molecule has 6 heteroatoms. The highest BCUT2D eigenvalue weighted by Crippen LogP contribution is 2.41. The molecule has 6 nitrogen and oxygen atoms in total. The van der Waals surface area contributed by atoms with Gasteiger partial charge in [-0.05, 0) is 70.3 Å². The first-order chi connectivity index (χ1) is 16.0. The lowest BCUT2D eigenvalue weighted by Crippen LogP contribution is -2.48. The van der Waals surface area contributed by atoms with Crippen LogP contribution >= 0.6 is 0 Å². The van der Waals surface area contributed by atoms with Crippen LogP contribution in [0.1, 0.15) is 54.6 Å². The van der Waals surface area contributed by atoms with Crippen LogP contribution in [-0.2, 0) is 12.0 Å². The van der Waals surface area contributed by atoms with Gasteiger partial charge in [0, 0.05) is 28.7 Å². The summed E-state index contributed by atoms with van der Waals surface area (Å²) in [7, 11) is 4.42. The minimum Gasteiger partial charge on any atom is -0.361 e. The molecule has 0 saturated heterocycles. The summed E-state index contributed by atoms with van der Waals surface area (Å²) in [4.78, 5) is 10.4. The molecule has 0 radical (unpaired) electrons. The van der Waals surface area contributed by atoms with Gasteiger partial charge in [-0.3, -0.25) is 4.90 Å². The number of aryl methyl sites for hydroxylation is 1. The van der Waals surface area contributed by atoms with E-state index in [9.17, 15) is 0 Å². The third-order valence-electron chi connectivity index (χ3n) is 7.36. The third kappa shape index (κ3) is 4.33. The minimum absolute atomic E-state index is 0.0148. The quantitative estimate of drug-likeness (QED) is 0.414. The molecule has 2 aromatic carbocycles. The van der Waals surface area contributed by atoms with Crippen molar-refractivity contribution in [2.24, 2.45) is 0 Å². The van der Waals surface area contributed by atoms with Gasteiger partial charge in [0.15, 0.2) is 5.82 Å². The van der Waals surface area contributed by atoms with Gasteiger partial charge in [0.05, 0.1) is 6.04 Å². The lowest BCUT2D eigenvalue weighted by Gasteiger charge is -2.46. The van der Waals surface area contributed by atoms with Crippen LogP contribution in [0.15, 0.2) is 65.3 Å². The highest BCUT2D eigenvalue weighted by Gasteiger charge is 2.39. The summed E-state index contributed by atoms with van der Waals surface area (Å²) in [5.41, 5.74) is 3.93. The Morgan fingerprint density at radius 2 is 1.82 bits per heavy atom. The molecule has 0 unspecified atom stereocenters. The standard InChI is InChI=1S/C27H33N5O/c1-19-29-26(33-31-19)25(17-20-18-28-24-12-8-7-11-23(20)24)30-22-13-15-27(16-14-22,32(2)3)21-9-5-4-6-10-21/h4-12,18,22,25,28,30H,13-17H2,1-3H3/t22?,25-,27?/m0/s1. The fraction of sp³-hybridized carbons (Fsp3) is 0.407. The number of H-pyrrole nitrogens is 1. The van der Waals surface area contributed by atoms with Gasteiger partial charge in [-0.25, -0.2) is 0 Å². The normalized spacial score (nSPS) is 22.1. The fourth-order valence-electron chi connectivity index (χ4n) is 5.48. The van der Waals surface area contributed by atoms with Crippen molar-refractivity contribution in [2.45, 2.75) is 56.7 Å². The van der Waals surface area contributed by atoms with Crippen LogP contribution in [0.25, 0.3) is 10.9 Å². The average molecular weight is 444 g/mol. The summed E-state index contributed by atoms with van der Waals surface area (Å²) in [5, 5.41) is 9.21. The van der Waals surface area contributed by atoms with E-state index in [1.807, 2.05) is 6.92 Å². The van der Waals surface area contributed by atoms with E-state index < -0.39 is 0 Å². The van der Waals surface area contributed by atoms with Crippen LogP contribution in [0.5, 0.6) is 0 Å². The molecule has 0 bridgehead atoms. The number of aromatic nitrogens is 3. The highest BCUT2D eigenvalue weighted by molar-refractivity contribution is 5.83. The monoisotopic (exact) mass is 443 g/mol. The van der Waals surface area contributed by atoms with E-state index in [0.717, 1.165) is 37.6 Å². The molecule has 1 aliphatic rings. The number of nitrogens with one attached hydrogen (secondary N) is 2. The average Bonchev–Trinajstić information content (AvgIpc) is 3.46. The molecule has 172 valence electrons. The van der Waals surface area contributed by atoms with Gasteiger partial charge in [0.25, 0.3) is 0 Å². The second kappa shape index (κ2) is 9.12. The molecular weight excluding hydrogens is 410 g/mol. The lowest BCUT2D eigenvalue weighted by molar-refractivity contribution is 0.0821. The fourth-order valence-corrected chi connectivity index (χ4v) is 5.48. The van der Waals surface area contributed by atoms with Crippen molar-refractivity contribution in [3.63, 3.8) is 0 Å². The zero-order chi connectivity index (χ0) is 22.8. The maximum absolute atomic E-state index is 5.64. The molecule has 1 saturated carbocycles. The van der Waals surface area contributed by atoms with Gasteiger partial charge in [-0.1, -0.05) is 53.7 Å². The molecule has 0 amide bonds. The van der Waals surface area contributed by atoms with Gasteiger partial charge >= 0.3 is 0 Å². The predicted octanol–water partition coefficient (Wildman–Crippen LogP) is 5.13. The molecular formula is C27H33N5O. The van der Waals surface area contributed by atoms with E-state index >= 15 is 0 Å². The first-order valence-electron chi connectivity index (χ1n) is 11.9. The Morgan fingerprint density at radius 1 is 1.09 bits per heavy atom. The number of fused-ring (bicyclic) bond motifs is 1. The Morgan fingerprint density at radius 3 is 2.52 bits per heavy atom. The summed E-state index contributed by atoms with van der Waals surface area (Å²) in [6.45, 7) is 1.88. The van der Waals surface area contributed by atoms with Gasteiger partial charge in [-0.2, -0.15) is 4.98 Å². The maximum atomic E-state index is 5.64. The summed E-state index contributed by atoms with van der Waals surface area (Å²) in [6.07, 6.45) is 7.35. The molecule has 0 aliphatic heterocycles. The molecule has 2 aromatic heterocycles. The molecule has 0 spiro atoms. The van der Waals surface area contributed by atoms with E-state index in [1.165, 1.54) is 16.5 Å². The predicted molar refractivity (Wildman–Crippen MR) is 131 cm³/mol. The van der Waals surface area contributed by atoms with Crippen LogP contribution in [0.3, 0.4) is 0 Å². The lowest BCUT2D eigenvalue weighted by atomic mass is 9.74. The van der Waals surface area contributed by atoms with Crippen molar-refractivity contribution in [1.82, 2.24) is 25.3 Å². The topological polar surface area (TPSA) is 70.0 Å². The van der Waals surface area contributed by atoms with Crippen molar-refractivity contribution < 1.29 is 4.52 Å². The number of rotatable bonds is 7. The number of hydrogen-bond acceptors (Lipinski definition) is 5. The molecule has 4 aromatic rings. The Labute approximate surface area is 195 Å². The second-order valence-corrected chi connectivity index (χ2v) is 9.53.